The largest absolute Gasteiger partial charge is 0.467 e. The van der Waals surface area contributed by atoms with Gasteiger partial charge in [-0.2, -0.15) is 0 Å². The van der Waals surface area contributed by atoms with Gasteiger partial charge in [0.15, 0.2) is 6.79 Å². The lowest BCUT2D eigenvalue weighted by molar-refractivity contribution is 0.0514. The van der Waals surface area contributed by atoms with Gasteiger partial charge in [0.05, 0.1) is 0 Å². The Hall–Kier alpha value is -1.41. The van der Waals surface area contributed by atoms with E-state index in [1.165, 1.54) is 21.7 Å². The summed E-state index contributed by atoms with van der Waals surface area (Å²) in [5.74, 6) is 0.948. The second-order valence-electron chi connectivity index (χ2n) is 6.03. The lowest BCUT2D eigenvalue weighted by Gasteiger charge is -2.17. The first-order valence-electron chi connectivity index (χ1n) is 7.74. The third-order valence-corrected chi connectivity index (χ3v) is 4.97. The average Bonchev–Trinajstić information content (AvgIpc) is 2.49. The van der Waals surface area contributed by atoms with Crippen molar-refractivity contribution in [2.75, 3.05) is 28.0 Å². The normalized spacial score (nSPS) is 11.6. The van der Waals surface area contributed by atoms with Crippen LogP contribution in [0.5, 0.6) is 5.75 Å². The van der Waals surface area contributed by atoms with Gasteiger partial charge in [0.1, 0.15) is 5.75 Å². The minimum absolute atomic E-state index is 0.279. The van der Waals surface area contributed by atoms with Crippen molar-refractivity contribution >= 4 is 19.2 Å². The first-order chi connectivity index (χ1) is 11.0. The van der Waals surface area contributed by atoms with Crippen molar-refractivity contribution in [3.8, 4) is 5.75 Å². The van der Waals surface area contributed by atoms with Crippen LogP contribution in [-0.2, 0) is 11.3 Å². The van der Waals surface area contributed by atoms with Crippen LogP contribution in [0.4, 0.5) is 0 Å². The highest BCUT2D eigenvalue weighted by Gasteiger charge is 2.11. The Kier molecular flexibility index (Phi) is 6.59. The zero-order valence-electron chi connectivity index (χ0n) is 14.6. The lowest BCUT2D eigenvalue weighted by Crippen LogP contribution is -2.19. The number of rotatable bonds is 7. The number of hydrogen-bond acceptors (Lipinski definition) is 3. The highest BCUT2D eigenvalue weighted by molar-refractivity contribution is 7.55. The maximum Gasteiger partial charge on any atom is 0.188 e. The van der Waals surface area contributed by atoms with Gasteiger partial charge in [-0.05, 0) is 44.4 Å². The van der Waals surface area contributed by atoms with Crippen molar-refractivity contribution in [2.45, 2.75) is 20.4 Å². The molecule has 0 aliphatic heterocycles. The Balaban J connectivity index is 2.33. The fraction of sp³-hybridized carbons (Fsp3) is 0.368. The molecule has 0 N–H and O–H groups in total. The van der Waals surface area contributed by atoms with Crippen molar-refractivity contribution in [1.29, 1.82) is 0 Å². The molecule has 3 nitrogen and oxygen atoms in total. The Morgan fingerprint density at radius 1 is 1.04 bits per heavy atom. The number of nitrogens with zero attached hydrogens (tertiary/aromatic N) is 1. The number of methoxy groups -OCH3 is 1. The van der Waals surface area contributed by atoms with E-state index in [9.17, 15) is 0 Å². The molecule has 0 amide bonds. The van der Waals surface area contributed by atoms with Crippen LogP contribution in [0, 0.1) is 13.8 Å². The summed E-state index contributed by atoms with van der Waals surface area (Å²) < 4.78 is 10.9. The summed E-state index contributed by atoms with van der Waals surface area (Å²) in [6.07, 6.45) is 0. The predicted octanol–water partition coefficient (Wildman–Crippen LogP) is 2.98. The van der Waals surface area contributed by atoms with Gasteiger partial charge in [0, 0.05) is 19.0 Å². The number of ether oxygens (including phenoxy) is 2. The molecular weight excluding hydrogens is 305 g/mol. The average molecular weight is 331 g/mol. The molecule has 2 aromatic rings. The molecule has 0 aliphatic carbocycles. The molecule has 4 heteroatoms. The first-order valence-corrected chi connectivity index (χ1v) is 8.74. The van der Waals surface area contributed by atoms with E-state index >= 15 is 0 Å². The Morgan fingerprint density at radius 2 is 1.83 bits per heavy atom. The standard InChI is InChI=1S/C19H26NO2P/c1-14-9-10-17(16(11-14)12-20(3)4)23-18-8-6-7-15(2)19(18)22-13-21-5/h6-11,23H,12-13H2,1-5H3. The molecule has 0 saturated carbocycles. The lowest BCUT2D eigenvalue weighted by atomic mass is 10.1. The topological polar surface area (TPSA) is 21.7 Å². The zero-order valence-corrected chi connectivity index (χ0v) is 15.6. The van der Waals surface area contributed by atoms with Gasteiger partial charge in [0.2, 0.25) is 0 Å². The van der Waals surface area contributed by atoms with Crippen LogP contribution >= 0.6 is 8.58 Å². The van der Waals surface area contributed by atoms with Crippen LogP contribution in [0.15, 0.2) is 36.4 Å². The van der Waals surface area contributed by atoms with Crippen LogP contribution in [0.1, 0.15) is 16.7 Å². The minimum Gasteiger partial charge on any atom is -0.467 e. The van der Waals surface area contributed by atoms with E-state index < -0.39 is 0 Å². The molecule has 124 valence electrons. The summed E-state index contributed by atoms with van der Waals surface area (Å²) in [4.78, 5) is 2.21. The molecule has 0 aliphatic rings. The molecule has 0 fully saturated rings. The molecule has 0 saturated heterocycles. The Labute approximate surface area is 141 Å². The molecule has 0 aromatic heterocycles. The van der Waals surface area contributed by atoms with Crippen molar-refractivity contribution < 1.29 is 9.47 Å². The molecule has 23 heavy (non-hydrogen) atoms. The van der Waals surface area contributed by atoms with Gasteiger partial charge in [-0.1, -0.05) is 50.5 Å². The fourth-order valence-electron chi connectivity index (χ4n) is 2.52. The number of benzene rings is 2. The molecule has 2 aromatic carbocycles. The molecule has 1 unspecified atom stereocenters. The van der Waals surface area contributed by atoms with Crippen LogP contribution in [-0.4, -0.2) is 32.9 Å². The van der Waals surface area contributed by atoms with Gasteiger partial charge >= 0.3 is 0 Å². The third-order valence-electron chi connectivity index (χ3n) is 3.55. The van der Waals surface area contributed by atoms with E-state index in [-0.39, 0.29) is 6.79 Å². The summed E-state index contributed by atoms with van der Waals surface area (Å²) >= 11 is 0. The van der Waals surface area contributed by atoms with Crippen LogP contribution < -0.4 is 15.3 Å². The van der Waals surface area contributed by atoms with E-state index in [0.29, 0.717) is 8.58 Å². The van der Waals surface area contributed by atoms with Gasteiger partial charge in [0.25, 0.3) is 0 Å². The Bertz CT molecular complexity index is 656. The van der Waals surface area contributed by atoms with Crippen LogP contribution in [0.25, 0.3) is 0 Å². The summed E-state index contributed by atoms with van der Waals surface area (Å²) in [6.45, 7) is 5.45. The first kappa shape index (κ1) is 17.9. The van der Waals surface area contributed by atoms with E-state index in [4.69, 9.17) is 9.47 Å². The second-order valence-corrected chi connectivity index (χ2v) is 7.35. The van der Waals surface area contributed by atoms with Gasteiger partial charge < -0.3 is 14.4 Å². The van der Waals surface area contributed by atoms with Crippen molar-refractivity contribution in [1.82, 2.24) is 4.90 Å². The van der Waals surface area contributed by atoms with Crippen LogP contribution in [0.3, 0.4) is 0 Å². The molecule has 1 atom stereocenters. The van der Waals surface area contributed by atoms with E-state index in [1.807, 2.05) is 0 Å². The smallest absolute Gasteiger partial charge is 0.188 e. The van der Waals surface area contributed by atoms with E-state index in [0.717, 1.165) is 17.9 Å². The molecule has 0 radical (unpaired) electrons. The van der Waals surface area contributed by atoms with Crippen LogP contribution in [0.2, 0.25) is 0 Å². The molecule has 0 spiro atoms. The van der Waals surface area contributed by atoms with Crippen molar-refractivity contribution in [2.24, 2.45) is 0 Å². The zero-order chi connectivity index (χ0) is 16.8. The molecule has 0 heterocycles. The highest BCUT2D eigenvalue weighted by atomic mass is 31.1. The molecule has 2 rings (SSSR count). The van der Waals surface area contributed by atoms with Gasteiger partial charge in [-0.15, -0.1) is 0 Å². The van der Waals surface area contributed by atoms with E-state index in [1.54, 1.807) is 7.11 Å². The van der Waals surface area contributed by atoms with Gasteiger partial charge in [-0.25, -0.2) is 0 Å². The number of para-hydroxylation sites is 1. The highest BCUT2D eigenvalue weighted by Crippen LogP contribution is 2.25. The maximum atomic E-state index is 5.81. The quantitative estimate of drug-likeness (QED) is 0.575. The number of aryl methyl sites for hydroxylation is 2. The SMILES string of the molecule is COCOc1c(C)cccc1Pc1ccc(C)cc1CN(C)C. The van der Waals surface area contributed by atoms with Crippen molar-refractivity contribution in [3.05, 3.63) is 53.1 Å². The molecular formula is C19H26NO2P. The second kappa shape index (κ2) is 8.44. The fourth-order valence-corrected chi connectivity index (χ4v) is 3.85. The van der Waals surface area contributed by atoms with Crippen molar-refractivity contribution in [3.63, 3.8) is 0 Å². The molecule has 0 bridgehead atoms. The summed E-state index contributed by atoms with van der Waals surface area (Å²) in [6, 6.07) is 13.0. The number of hydrogen-bond donors (Lipinski definition) is 0. The predicted molar refractivity (Wildman–Crippen MR) is 99.8 cm³/mol. The van der Waals surface area contributed by atoms with E-state index in [2.05, 4.69) is 69.2 Å². The monoisotopic (exact) mass is 331 g/mol. The maximum absolute atomic E-state index is 5.81. The summed E-state index contributed by atoms with van der Waals surface area (Å²) in [7, 11) is 6.43. The Morgan fingerprint density at radius 3 is 2.52 bits per heavy atom. The van der Waals surface area contributed by atoms with Gasteiger partial charge in [-0.3, -0.25) is 0 Å². The third kappa shape index (κ3) is 5.04. The summed E-state index contributed by atoms with van der Waals surface area (Å²) in [5, 5.41) is 2.60. The summed E-state index contributed by atoms with van der Waals surface area (Å²) in [5.41, 5.74) is 3.83. The minimum atomic E-state index is 0.279.